The average Bonchev–Trinajstić information content (AvgIpc) is 3.17. The zero-order valence-electron chi connectivity index (χ0n) is 15.1. The number of halogens is 1. The predicted molar refractivity (Wildman–Crippen MR) is 102 cm³/mol. The van der Waals surface area contributed by atoms with Crippen molar-refractivity contribution in [1.82, 2.24) is 5.32 Å². The molecule has 0 aliphatic rings. The lowest BCUT2D eigenvalue weighted by molar-refractivity contribution is -0.125. The number of carbonyl (C=O) groups is 1. The van der Waals surface area contributed by atoms with Gasteiger partial charge in [-0.2, -0.15) is 0 Å². The molecule has 2 rings (SSSR count). The third-order valence-electron chi connectivity index (χ3n) is 4.21. The van der Waals surface area contributed by atoms with Crippen molar-refractivity contribution in [3.8, 4) is 11.1 Å². The lowest BCUT2D eigenvalue weighted by Gasteiger charge is -2.31. The van der Waals surface area contributed by atoms with Gasteiger partial charge in [0.2, 0.25) is 5.91 Å². The number of aliphatic hydroxyl groups excluding tert-OH is 1. The molecule has 0 fully saturated rings. The zero-order chi connectivity index (χ0) is 18.1. The van der Waals surface area contributed by atoms with E-state index in [9.17, 15) is 14.7 Å². The number of benzene rings is 1. The second-order valence-corrected chi connectivity index (χ2v) is 7.33. The van der Waals surface area contributed by atoms with Crippen LogP contribution in [0, 0.1) is 5.92 Å². The van der Waals surface area contributed by atoms with Crippen molar-refractivity contribution in [1.29, 1.82) is 0 Å². The molecule has 6 heteroatoms. The van der Waals surface area contributed by atoms with Gasteiger partial charge in [0.15, 0.2) is 5.43 Å². The van der Waals surface area contributed by atoms with E-state index in [1.54, 1.807) is 13.8 Å². The molecule has 4 N–H and O–H groups in total. The fourth-order valence-electron chi connectivity index (χ4n) is 2.79. The number of rotatable bonds is 7. The maximum Gasteiger partial charge on any atom is 0.237 e. The smallest absolute Gasteiger partial charge is 0.237 e. The molecular formula is C19H27ClN2O3. The number of nitrogens with two attached hydrogens (primary N) is 1. The Morgan fingerprint density at radius 3 is 2.32 bits per heavy atom. The maximum absolute atomic E-state index is 12.2. The highest BCUT2D eigenvalue weighted by Crippen LogP contribution is 2.35. The molecule has 0 radical (unpaired) electrons. The molecule has 2 aromatic carbocycles. The summed E-state index contributed by atoms with van der Waals surface area (Å²) in [6, 6.07) is 8.58. The van der Waals surface area contributed by atoms with E-state index in [0.717, 1.165) is 5.56 Å². The molecule has 1 unspecified atom stereocenters. The van der Waals surface area contributed by atoms with Gasteiger partial charge in [-0.1, -0.05) is 44.2 Å². The first-order valence-corrected chi connectivity index (χ1v) is 8.25. The van der Waals surface area contributed by atoms with Gasteiger partial charge < -0.3 is 16.2 Å². The van der Waals surface area contributed by atoms with E-state index in [4.69, 9.17) is 5.73 Å². The van der Waals surface area contributed by atoms with Crippen molar-refractivity contribution in [2.24, 2.45) is 11.7 Å². The fourth-order valence-corrected chi connectivity index (χ4v) is 2.79. The molecule has 0 aromatic heterocycles. The van der Waals surface area contributed by atoms with Crippen LogP contribution in [0.4, 0.5) is 0 Å². The minimum atomic E-state index is -1.07. The van der Waals surface area contributed by atoms with Crippen molar-refractivity contribution in [3.05, 3.63) is 46.1 Å². The van der Waals surface area contributed by atoms with E-state index < -0.39 is 17.7 Å². The summed E-state index contributed by atoms with van der Waals surface area (Å²) in [5, 5.41) is 13.4. The number of carbonyl (C=O) groups excluding carboxylic acids is 1. The molecule has 2 aromatic rings. The summed E-state index contributed by atoms with van der Waals surface area (Å²) in [6.07, 6.45) is -0.509. The Morgan fingerprint density at radius 2 is 1.80 bits per heavy atom. The van der Waals surface area contributed by atoms with Crippen molar-refractivity contribution < 1.29 is 9.90 Å². The van der Waals surface area contributed by atoms with Crippen molar-refractivity contribution >= 4 is 18.3 Å². The molecule has 0 heterocycles. The van der Waals surface area contributed by atoms with Gasteiger partial charge in [0.25, 0.3) is 0 Å². The lowest BCUT2D eigenvalue weighted by Crippen LogP contribution is -2.53. The number of aliphatic hydroxyl groups is 1. The molecule has 0 saturated heterocycles. The second kappa shape index (κ2) is 8.13. The first-order chi connectivity index (χ1) is 11.1. The van der Waals surface area contributed by atoms with Gasteiger partial charge in [-0.25, -0.2) is 0 Å². The summed E-state index contributed by atoms with van der Waals surface area (Å²) in [6.45, 7) is 7.37. The first-order valence-electron chi connectivity index (χ1n) is 8.25. The summed E-state index contributed by atoms with van der Waals surface area (Å²) >= 11 is 0. The number of amides is 1. The van der Waals surface area contributed by atoms with E-state index >= 15 is 0 Å². The molecule has 25 heavy (non-hydrogen) atoms. The highest BCUT2D eigenvalue weighted by atomic mass is 35.5. The van der Waals surface area contributed by atoms with E-state index in [1.807, 2.05) is 44.2 Å². The monoisotopic (exact) mass is 366 g/mol. The van der Waals surface area contributed by atoms with E-state index in [2.05, 4.69) is 5.32 Å². The Balaban J connectivity index is 0.00000312. The quantitative estimate of drug-likeness (QED) is 0.701. The van der Waals surface area contributed by atoms with Crippen LogP contribution in [0.1, 0.15) is 45.8 Å². The van der Waals surface area contributed by atoms with Gasteiger partial charge in [0.1, 0.15) is 6.10 Å². The van der Waals surface area contributed by atoms with Gasteiger partial charge >= 0.3 is 0 Å². The molecule has 0 saturated carbocycles. The summed E-state index contributed by atoms with van der Waals surface area (Å²) in [7, 11) is 0. The highest BCUT2D eigenvalue weighted by molar-refractivity contribution is 5.85. The number of hydrogen-bond donors (Lipinski definition) is 3. The maximum atomic E-state index is 12.2. The van der Waals surface area contributed by atoms with Crippen LogP contribution in [0.2, 0.25) is 0 Å². The number of nitrogens with one attached hydrogen (secondary N) is 1. The largest absolute Gasteiger partial charge is 0.386 e. The molecule has 2 atom stereocenters. The van der Waals surface area contributed by atoms with Crippen LogP contribution in [0.25, 0.3) is 11.1 Å². The van der Waals surface area contributed by atoms with Crippen LogP contribution in [0.15, 0.2) is 35.1 Å². The van der Waals surface area contributed by atoms with E-state index in [0.29, 0.717) is 23.5 Å². The van der Waals surface area contributed by atoms with Gasteiger partial charge in [0.05, 0.1) is 11.6 Å². The SMILES string of the molecule is CC(C)C[C@H](N)C(=O)NC(C)(C)C(O)c1c(-c2ccccc2)c1=O.Cl. The standard InChI is InChI=1S/C19H26N2O3.ClH/c1-11(2)10-13(20)18(24)21-19(3,4)17(23)15-14(16(15)22)12-8-6-5-7-9-12;/h5-9,11,13,17,23H,10,20H2,1-4H3,(H,21,24);1H/t13-,17?;/m0./s1. The van der Waals surface area contributed by atoms with Crippen LogP contribution >= 0.6 is 12.4 Å². The minimum Gasteiger partial charge on any atom is -0.386 e. The summed E-state index contributed by atoms with van der Waals surface area (Å²) in [4.78, 5) is 24.3. The Bertz CT molecular complexity index is 718. The molecule has 138 valence electrons. The lowest BCUT2D eigenvalue weighted by atomic mass is 9.93. The molecule has 1 amide bonds. The van der Waals surface area contributed by atoms with Gasteiger partial charge in [-0.15, -0.1) is 12.4 Å². The third kappa shape index (κ3) is 4.91. The van der Waals surface area contributed by atoms with Crippen molar-refractivity contribution in [3.63, 3.8) is 0 Å². The summed E-state index contributed by atoms with van der Waals surface area (Å²) in [5.41, 5.74) is 6.45. The van der Waals surface area contributed by atoms with E-state index in [1.165, 1.54) is 0 Å². The van der Waals surface area contributed by atoms with Crippen LogP contribution in [0.3, 0.4) is 0 Å². The Labute approximate surface area is 154 Å². The Morgan fingerprint density at radius 1 is 1.24 bits per heavy atom. The first kappa shape index (κ1) is 21.4. The average molecular weight is 367 g/mol. The van der Waals surface area contributed by atoms with Gasteiger partial charge in [-0.3, -0.25) is 9.59 Å². The molecule has 0 aliphatic carbocycles. The van der Waals surface area contributed by atoms with Gasteiger partial charge in [0, 0.05) is 11.1 Å². The van der Waals surface area contributed by atoms with Crippen molar-refractivity contribution in [2.45, 2.75) is 51.8 Å². The minimum absolute atomic E-state index is 0. The predicted octanol–water partition coefficient (Wildman–Crippen LogP) is 2.31. The van der Waals surface area contributed by atoms with Gasteiger partial charge in [-0.05, 0) is 31.7 Å². The van der Waals surface area contributed by atoms with Crippen molar-refractivity contribution in [2.75, 3.05) is 0 Å². The van der Waals surface area contributed by atoms with Crippen LogP contribution < -0.4 is 16.5 Å². The van der Waals surface area contributed by atoms with Crippen LogP contribution in [-0.4, -0.2) is 22.6 Å². The van der Waals surface area contributed by atoms with Crippen LogP contribution in [-0.2, 0) is 4.79 Å². The molecule has 5 nitrogen and oxygen atoms in total. The second-order valence-electron chi connectivity index (χ2n) is 7.33. The molecule has 0 aliphatic heterocycles. The normalized spacial score (nSPS) is 14.2. The van der Waals surface area contributed by atoms with Crippen LogP contribution in [0.5, 0.6) is 0 Å². The molecule has 0 bridgehead atoms. The molecule has 0 spiro atoms. The fraction of sp³-hybridized carbons (Fsp3) is 0.474. The Hall–Kier alpha value is -1.69. The molecular weight excluding hydrogens is 340 g/mol. The topological polar surface area (TPSA) is 92.4 Å². The van der Waals surface area contributed by atoms with E-state index in [-0.39, 0.29) is 23.7 Å². The summed E-state index contributed by atoms with van der Waals surface area (Å²) in [5.74, 6) is -0.0149. The number of hydrogen-bond acceptors (Lipinski definition) is 4. The zero-order valence-corrected chi connectivity index (χ0v) is 15.9. The highest BCUT2D eigenvalue weighted by Gasteiger charge is 2.40. The Kier molecular flexibility index (Phi) is 6.94. The summed E-state index contributed by atoms with van der Waals surface area (Å²) < 4.78 is 0. The third-order valence-corrected chi connectivity index (χ3v) is 4.21.